The van der Waals surface area contributed by atoms with Crippen LogP contribution in [0, 0.1) is 6.92 Å². The molecule has 0 amide bonds. The normalized spacial score (nSPS) is 14.1. The second-order valence-corrected chi connectivity index (χ2v) is 6.08. The summed E-state index contributed by atoms with van der Waals surface area (Å²) in [4.78, 5) is 11.6. The maximum atomic E-state index is 11.6. The summed E-state index contributed by atoms with van der Waals surface area (Å²) in [5.41, 5.74) is 3.09. The van der Waals surface area contributed by atoms with Gasteiger partial charge in [0.15, 0.2) is 0 Å². The molecule has 3 aromatic rings. The molecule has 0 fully saturated rings. The Balaban J connectivity index is 1.96. The fraction of sp³-hybridized carbons (Fsp3) is 0.278. The molecule has 0 bridgehead atoms. The molecule has 1 aliphatic rings. The maximum absolute atomic E-state index is 11.6. The number of nitrogens with zero attached hydrogens (tertiary/aromatic N) is 1. The highest BCUT2D eigenvalue weighted by molar-refractivity contribution is 5.82. The van der Waals surface area contributed by atoms with Crippen molar-refractivity contribution in [1.29, 1.82) is 0 Å². The van der Waals surface area contributed by atoms with Crippen LogP contribution >= 0.6 is 0 Å². The van der Waals surface area contributed by atoms with Crippen molar-refractivity contribution in [1.82, 2.24) is 4.57 Å². The number of aryl methyl sites for hydroxylation is 1. The molecule has 0 aliphatic heterocycles. The molecule has 5 heteroatoms. The molecule has 0 saturated heterocycles. The summed E-state index contributed by atoms with van der Waals surface area (Å²) >= 11 is 0. The summed E-state index contributed by atoms with van der Waals surface area (Å²) in [7, 11) is 0. The molecule has 4 rings (SSSR count). The number of aromatic hydroxyl groups is 2. The summed E-state index contributed by atoms with van der Waals surface area (Å²) in [6.45, 7) is 1.85. The maximum Gasteiger partial charge on any atom is 0.336 e. The highest BCUT2D eigenvalue weighted by Gasteiger charge is 2.25. The Hall–Kier alpha value is -2.69. The lowest BCUT2D eigenvalue weighted by Crippen LogP contribution is -1.99. The molecule has 2 aromatic heterocycles. The zero-order valence-corrected chi connectivity index (χ0v) is 12.8. The van der Waals surface area contributed by atoms with Gasteiger partial charge in [-0.25, -0.2) is 4.79 Å². The van der Waals surface area contributed by atoms with E-state index in [1.165, 1.54) is 10.6 Å². The Morgan fingerprint density at radius 1 is 1.04 bits per heavy atom. The molecule has 0 unspecified atom stereocenters. The van der Waals surface area contributed by atoms with Gasteiger partial charge in [-0.15, -0.1) is 0 Å². The molecule has 2 N–H and O–H groups in total. The van der Waals surface area contributed by atoms with Gasteiger partial charge in [0, 0.05) is 28.6 Å². The number of aromatic nitrogens is 1. The molecular formula is C18H17NO4. The third-order valence-corrected chi connectivity index (χ3v) is 4.62. The molecule has 1 aromatic carbocycles. The minimum absolute atomic E-state index is 0.0755. The van der Waals surface area contributed by atoms with Crippen molar-refractivity contribution >= 4 is 11.0 Å². The number of rotatable bonds is 1. The Morgan fingerprint density at radius 2 is 1.70 bits per heavy atom. The van der Waals surface area contributed by atoms with Gasteiger partial charge in [0.2, 0.25) is 11.8 Å². The van der Waals surface area contributed by atoms with Crippen LogP contribution in [0.2, 0.25) is 0 Å². The van der Waals surface area contributed by atoms with Gasteiger partial charge in [-0.1, -0.05) is 0 Å². The van der Waals surface area contributed by atoms with Gasteiger partial charge < -0.3 is 14.6 Å². The Kier molecular flexibility index (Phi) is 2.98. The smallest absolute Gasteiger partial charge is 0.336 e. The van der Waals surface area contributed by atoms with Crippen LogP contribution in [0.5, 0.6) is 11.8 Å². The van der Waals surface area contributed by atoms with Crippen molar-refractivity contribution < 1.29 is 14.6 Å². The van der Waals surface area contributed by atoms with Crippen molar-refractivity contribution in [3.63, 3.8) is 0 Å². The van der Waals surface area contributed by atoms with Crippen molar-refractivity contribution in [2.45, 2.75) is 32.6 Å². The van der Waals surface area contributed by atoms with Crippen LogP contribution in [0.1, 0.15) is 29.5 Å². The molecule has 0 atom stereocenters. The Morgan fingerprint density at radius 3 is 2.35 bits per heavy atom. The third-order valence-electron chi connectivity index (χ3n) is 4.62. The van der Waals surface area contributed by atoms with E-state index in [2.05, 4.69) is 0 Å². The van der Waals surface area contributed by atoms with Crippen molar-refractivity contribution in [3.8, 4) is 17.4 Å². The van der Waals surface area contributed by atoms with E-state index in [1.54, 1.807) is 12.1 Å². The van der Waals surface area contributed by atoms with Gasteiger partial charge in [0.25, 0.3) is 0 Å². The van der Waals surface area contributed by atoms with Gasteiger partial charge >= 0.3 is 5.63 Å². The van der Waals surface area contributed by atoms with Crippen molar-refractivity contribution in [3.05, 3.63) is 51.4 Å². The lowest BCUT2D eigenvalue weighted by Gasteiger charge is -2.09. The second-order valence-electron chi connectivity index (χ2n) is 6.08. The molecule has 5 nitrogen and oxygen atoms in total. The largest absolute Gasteiger partial charge is 0.494 e. The standard InChI is InChI=1S/C18H17NO4/c1-10-8-16(20)23-15-9-11(6-7-12(10)15)19-17(21)13-4-2-3-5-14(13)18(19)22/h6-9,21-22H,2-5H2,1H3. The van der Waals surface area contributed by atoms with Gasteiger partial charge in [0.1, 0.15) is 5.58 Å². The van der Waals surface area contributed by atoms with Gasteiger partial charge in [-0.3, -0.25) is 4.57 Å². The fourth-order valence-electron chi connectivity index (χ4n) is 3.47. The quantitative estimate of drug-likeness (QED) is 0.677. The Labute approximate surface area is 132 Å². The number of hydrogen-bond acceptors (Lipinski definition) is 4. The number of benzene rings is 1. The van der Waals surface area contributed by atoms with Crippen LogP contribution in [0.25, 0.3) is 16.7 Å². The van der Waals surface area contributed by atoms with E-state index >= 15 is 0 Å². The highest BCUT2D eigenvalue weighted by atomic mass is 16.4. The van der Waals surface area contributed by atoms with Crippen LogP contribution in [-0.4, -0.2) is 14.8 Å². The first kappa shape index (κ1) is 13.9. The summed E-state index contributed by atoms with van der Waals surface area (Å²) in [5.74, 6) is 0.151. The highest BCUT2D eigenvalue weighted by Crippen LogP contribution is 2.41. The average Bonchev–Trinajstić information content (AvgIpc) is 2.78. The van der Waals surface area contributed by atoms with Crippen LogP contribution in [-0.2, 0) is 12.8 Å². The van der Waals surface area contributed by atoms with E-state index < -0.39 is 5.63 Å². The van der Waals surface area contributed by atoms with Gasteiger partial charge in [-0.05, 0) is 50.3 Å². The van der Waals surface area contributed by atoms with Crippen LogP contribution < -0.4 is 5.63 Å². The Bertz CT molecular complexity index is 951. The third kappa shape index (κ3) is 2.04. The van der Waals surface area contributed by atoms with E-state index in [1.807, 2.05) is 13.0 Å². The second kappa shape index (κ2) is 4.91. The lowest BCUT2D eigenvalue weighted by molar-refractivity contribution is 0.399. The summed E-state index contributed by atoms with van der Waals surface area (Å²) in [6, 6.07) is 6.76. The molecule has 0 spiro atoms. The molecule has 0 saturated carbocycles. The lowest BCUT2D eigenvalue weighted by atomic mass is 9.95. The first-order valence-corrected chi connectivity index (χ1v) is 7.75. The molecule has 2 heterocycles. The number of fused-ring (bicyclic) bond motifs is 2. The topological polar surface area (TPSA) is 75.6 Å². The fourth-order valence-corrected chi connectivity index (χ4v) is 3.47. The van der Waals surface area contributed by atoms with Gasteiger partial charge in [0.05, 0.1) is 5.69 Å². The molecule has 118 valence electrons. The molecule has 1 aliphatic carbocycles. The van der Waals surface area contributed by atoms with E-state index in [4.69, 9.17) is 4.42 Å². The summed E-state index contributed by atoms with van der Waals surface area (Å²) < 4.78 is 6.68. The minimum atomic E-state index is -0.410. The van der Waals surface area contributed by atoms with Crippen LogP contribution in [0.4, 0.5) is 0 Å². The van der Waals surface area contributed by atoms with E-state index in [0.29, 0.717) is 11.3 Å². The van der Waals surface area contributed by atoms with Crippen LogP contribution in [0.15, 0.2) is 33.5 Å². The first-order chi connectivity index (χ1) is 11.1. The molecule has 0 radical (unpaired) electrons. The van der Waals surface area contributed by atoms with Gasteiger partial charge in [-0.2, -0.15) is 0 Å². The number of hydrogen-bond donors (Lipinski definition) is 2. The molecule has 23 heavy (non-hydrogen) atoms. The van der Waals surface area contributed by atoms with Crippen molar-refractivity contribution in [2.75, 3.05) is 0 Å². The predicted octanol–water partition coefficient (Wildman–Crippen LogP) is 3.18. The minimum Gasteiger partial charge on any atom is -0.494 e. The summed E-state index contributed by atoms with van der Waals surface area (Å²) in [6.07, 6.45) is 3.55. The zero-order valence-electron chi connectivity index (χ0n) is 12.8. The van der Waals surface area contributed by atoms with Crippen molar-refractivity contribution in [2.24, 2.45) is 0 Å². The van der Waals surface area contributed by atoms with E-state index in [-0.39, 0.29) is 11.8 Å². The monoisotopic (exact) mass is 311 g/mol. The van der Waals surface area contributed by atoms with E-state index in [0.717, 1.165) is 47.8 Å². The average molecular weight is 311 g/mol. The predicted molar refractivity (Wildman–Crippen MR) is 86.5 cm³/mol. The molecular weight excluding hydrogens is 294 g/mol. The SMILES string of the molecule is Cc1cc(=O)oc2cc(-n3c(O)c4c(c3O)CCCC4)ccc12. The summed E-state index contributed by atoms with van der Waals surface area (Å²) in [5, 5.41) is 21.8. The first-order valence-electron chi connectivity index (χ1n) is 7.75. The van der Waals surface area contributed by atoms with Crippen LogP contribution in [0.3, 0.4) is 0 Å². The van der Waals surface area contributed by atoms with E-state index in [9.17, 15) is 15.0 Å². The zero-order chi connectivity index (χ0) is 16.1.